The van der Waals surface area contributed by atoms with Crippen molar-refractivity contribution in [1.29, 1.82) is 0 Å². The summed E-state index contributed by atoms with van der Waals surface area (Å²) >= 11 is 0. The van der Waals surface area contributed by atoms with Crippen LogP contribution in [0.1, 0.15) is 13.3 Å². The second-order valence-corrected chi connectivity index (χ2v) is 5.58. The SMILES string of the molecule is CCCNC(=O)CN1CCN(c2nc3ccccc3o2)CC1. The quantitative estimate of drug-likeness (QED) is 0.906. The minimum atomic E-state index is 0.108. The number of benzene rings is 1. The zero-order valence-electron chi connectivity index (χ0n) is 12.9. The number of nitrogens with zero attached hydrogens (tertiary/aromatic N) is 3. The van der Waals surface area contributed by atoms with Crippen molar-refractivity contribution in [3.8, 4) is 0 Å². The maximum Gasteiger partial charge on any atom is 0.298 e. The van der Waals surface area contributed by atoms with E-state index in [9.17, 15) is 4.79 Å². The van der Waals surface area contributed by atoms with Crippen LogP contribution in [0.15, 0.2) is 28.7 Å². The first-order valence-corrected chi connectivity index (χ1v) is 7.86. The van der Waals surface area contributed by atoms with Gasteiger partial charge in [0.1, 0.15) is 5.52 Å². The molecule has 0 radical (unpaired) electrons. The summed E-state index contributed by atoms with van der Waals surface area (Å²) in [7, 11) is 0. The molecule has 2 aromatic rings. The first-order valence-electron chi connectivity index (χ1n) is 7.86. The zero-order valence-corrected chi connectivity index (χ0v) is 12.9. The van der Waals surface area contributed by atoms with Crippen LogP contribution in [0.25, 0.3) is 11.1 Å². The molecule has 1 amide bonds. The first-order chi connectivity index (χ1) is 10.8. The van der Waals surface area contributed by atoms with E-state index in [0.29, 0.717) is 12.6 Å². The second-order valence-electron chi connectivity index (χ2n) is 5.58. The Balaban J connectivity index is 1.54. The summed E-state index contributed by atoms with van der Waals surface area (Å²) in [5, 5.41) is 2.92. The van der Waals surface area contributed by atoms with E-state index in [2.05, 4.69) is 27.0 Å². The third-order valence-corrected chi connectivity index (χ3v) is 3.86. The number of nitrogens with one attached hydrogen (secondary N) is 1. The number of piperazine rings is 1. The summed E-state index contributed by atoms with van der Waals surface area (Å²) < 4.78 is 5.79. The molecule has 2 heterocycles. The van der Waals surface area contributed by atoms with E-state index in [0.717, 1.165) is 50.2 Å². The molecular weight excluding hydrogens is 280 g/mol. The number of hydrogen-bond donors (Lipinski definition) is 1. The molecular formula is C16H22N4O2. The van der Waals surface area contributed by atoms with Gasteiger partial charge in [0, 0.05) is 32.7 Å². The molecule has 0 spiro atoms. The van der Waals surface area contributed by atoms with Crippen molar-refractivity contribution in [2.24, 2.45) is 0 Å². The van der Waals surface area contributed by atoms with Gasteiger partial charge >= 0.3 is 0 Å². The Morgan fingerprint density at radius 3 is 2.77 bits per heavy atom. The average Bonchev–Trinajstić information content (AvgIpc) is 2.97. The smallest absolute Gasteiger partial charge is 0.298 e. The number of oxazole rings is 1. The molecule has 1 saturated heterocycles. The third kappa shape index (κ3) is 3.39. The highest BCUT2D eigenvalue weighted by Crippen LogP contribution is 2.22. The standard InChI is InChI=1S/C16H22N4O2/c1-2-7-17-15(21)12-19-8-10-20(11-9-19)16-18-13-5-3-4-6-14(13)22-16/h3-6H,2,7-12H2,1H3,(H,17,21). The van der Waals surface area contributed by atoms with Crippen LogP contribution in [0, 0.1) is 0 Å². The lowest BCUT2D eigenvalue weighted by Gasteiger charge is -2.33. The third-order valence-electron chi connectivity index (χ3n) is 3.86. The van der Waals surface area contributed by atoms with Crippen molar-refractivity contribution >= 4 is 23.0 Å². The Hall–Kier alpha value is -2.08. The molecule has 1 aromatic heterocycles. The fraction of sp³-hybridized carbons (Fsp3) is 0.500. The van der Waals surface area contributed by atoms with Crippen LogP contribution in [-0.2, 0) is 4.79 Å². The number of carbonyl (C=O) groups excluding carboxylic acids is 1. The van der Waals surface area contributed by atoms with Crippen LogP contribution in [0.4, 0.5) is 6.01 Å². The summed E-state index contributed by atoms with van der Waals surface area (Å²) in [6, 6.07) is 8.47. The predicted molar refractivity (Wildman–Crippen MR) is 86.0 cm³/mol. The summed E-state index contributed by atoms with van der Waals surface area (Å²) in [6.45, 7) is 6.63. The van der Waals surface area contributed by atoms with Gasteiger partial charge in [-0.3, -0.25) is 9.69 Å². The topological polar surface area (TPSA) is 61.6 Å². The molecule has 0 atom stereocenters. The minimum absolute atomic E-state index is 0.108. The number of fused-ring (bicyclic) bond motifs is 1. The van der Waals surface area contributed by atoms with E-state index in [-0.39, 0.29) is 5.91 Å². The lowest BCUT2D eigenvalue weighted by Crippen LogP contribution is -2.49. The maximum absolute atomic E-state index is 11.7. The second kappa shape index (κ2) is 6.79. The van der Waals surface area contributed by atoms with E-state index >= 15 is 0 Å². The van der Waals surface area contributed by atoms with Crippen molar-refractivity contribution < 1.29 is 9.21 Å². The van der Waals surface area contributed by atoms with E-state index in [1.807, 2.05) is 24.3 Å². The molecule has 22 heavy (non-hydrogen) atoms. The number of rotatable bonds is 5. The normalized spacial score (nSPS) is 16.1. The van der Waals surface area contributed by atoms with Crippen molar-refractivity contribution in [3.05, 3.63) is 24.3 Å². The molecule has 118 valence electrons. The summed E-state index contributed by atoms with van der Waals surface area (Å²) in [5.74, 6) is 0.108. The van der Waals surface area contributed by atoms with Gasteiger partial charge < -0.3 is 14.6 Å². The van der Waals surface area contributed by atoms with Crippen molar-refractivity contribution in [3.63, 3.8) is 0 Å². The molecule has 6 nitrogen and oxygen atoms in total. The average molecular weight is 302 g/mol. The monoisotopic (exact) mass is 302 g/mol. The van der Waals surface area contributed by atoms with E-state index in [1.165, 1.54) is 0 Å². The molecule has 0 unspecified atom stereocenters. The van der Waals surface area contributed by atoms with Gasteiger partial charge in [0.15, 0.2) is 5.58 Å². The molecule has 1 aliphatic rings. The van der Waals surface area contributed by atoms with Crippen LogP contribution < -0.4 is 10.2 Å². The molecule has 1 N–H and O–H groups in total. The number of aromatic nitrogens is 1. The van der Waals surface area contributed by atoms with Crippen LogP contribution in [-0.4, -0.2) is 55.1 Å². The number of carbonyl (C=O) groups is 1. The van der Waals surface area contributed by atoms with Gasteiger partial charge in [-0.2, -0.15) is 4.98 Å². The van der Waals surface area contributed by atoms with E-state index in [4.69, 9.17) is 4.42 Å². The van der Waals surface area contributed by atoms with E-state index < -0.39 is 0 Å². The fourth-order valence-corrected chi connectivity index (χ4v) is 2.62. The zero-order chi connectivity index (χ0) is 15.4. The molecule has 0 saturated carbocycles. The maximum atomic E-state index is 11.7. The van der Waals surface area contributed by atoms with Gasteiger partial charge in [0.05, 0.1) is 6.54 Å². The first kappa shape index (κ1) is 14.8. The number of anilines is 1. The van der Waals surface area contributed by atoms with Crippen molar-refractivity contribution in [2.75, 3.05) is 44.2 Å². The Morgan fingerprint density at radius 2 is 2.05 bits per heavy atom. The molecule has 0 aliphatic carbocycles. The molecule has 1 fully saturated rings. The number of para-hydroxylation sites is 2. The van der Waals surface area contributed by atoms with E-state index in [1.54, 1.807) is 0 Å². The lowest BCUT2D eigenvalue weighted by atomic mass is 10.3. The Kier molecular flexibility index (Phi) is 4.58. The van der Waals surface area contributed by atoms with Gasteiger partial charge in [-0.1, -0.05) is 19.1 Å². The summed E-state index contributed by atoms with van der Waals surface area (Å²) in [4.78, 5) is 20.6. The number of hydrogen-bond acceptors (Lipinski definition) is 5. The van der Waals surface area contributed by atoms with Crippen LogP contribution in [0.2, 0.25) is 0 Å². The predicted octanol–water partition coefficient (Wildman–Crippen LogP) is 1.48. The van der Waals surface area contributed by atoms with Crippen LogP contribution in [0.5, 0.6) is 0 Å². The molecule has 1 aliphatic heterocycles. The summed E-state index contributed by atoms with van der Waals surface area (Å²) in [6.07, 6.45) is 0.969. The fourth-order valence-electron chi connectivity index (χ4n) is 2.62. The summed E-state index contributed by atoms with van der Waals surface area (Å²) in [5.41, 5.74) is 1.71. The Morgan fingerprint density at radius 1 is 1.27 bits per heavy atom. The van der Waals surface area contributed by atoms with Crippen LogP contribution in [0.3, 0.4) is 0 Å². The highest BCUT2D eigenvalue weighted by atomic mass is 16.4. The van der Waals surface area contributed by atoms with Gasteiger partial charge in [0.2, 0.25) is 5.91 Å². The largest absolute Gasteiger partial charge is 0.423 e. The van der Waals surface area contributed by atoms with Crippen molar-refractivity contribution in [1.82, 2.24) is 15.2 Å². The van der Waals surface area contributed by atoms with Gasteiger partial charge in [0.25, 0.3) is 6.01 Å². The minimum Gasteiger partial charge on any atom is -0.423 e. The Labute approximate surface area is 130 Å². The molecule has 3 rings (SSSR count). The van der Waals surface area contributed by atoms with Gasteiger partial charge in [-0.25, -0.2) is 0 Å². The highest BCUT2D eigenvalue weighted by molar-refractivity contribution is 5.78. The highest BCUT2D eigenvalue weighted by Gasteiger charge is 2.22. The molecule has 6 heteroatoms. The van der Waals surface area contributed by atoms with Crippen molar-refractivity contribution in [2.45, 2.75) is 13.3 Å². The van der Waals surface area contributed by atoms with Gasteiger partial charge in [-0.15, -0.1) is 0 Å². The Bertz CT molecular complexity index is 599. The molecule has 1 aromatic carbocycles. The van der Waals surface area contributed by atoms with Gasteiger partial charge in [-0.05, 0) is 18.6 Å². The number of amides is 1. The lowest BCUT2D eigenvalue weighted by molar-refractivity contribution is -0.122. The van der Waals surface area contributed by atoms with Crippen LogP contribution >= 0.6 is 0 Å². The molecule has 0 bridgehead atoms.